The Morgan fingerprint density at radius 1 is 0.658 bits per heavy atom. The lowest BCUT2D eigenvalue weighted by molar-refractivity contribution is -0.143. The van der Waals surface area contributed by atoms with Crippen molar-refractivity contribution in [2.45, 2.75) is 217 Å². The van der Waals surface area contributed by atoms with Gasteiger partial charge in [-0.2, -0.15) is 23.5 Å². The van der Waals surface area contributed by atoms with Gasteiger partial charge in [0.25, 0.3) is 0 Å². The molecule has 7 rings (SSSR count). The summed E-state index contributed by atoms with van der Waals surface area (Å²) in [7, 11) is 0. The predicted molar refractivity (Wildman–Crippen MR) is 417 cm³/mol. The van der Waals surface area contributed by atoms with Gasteiger partial charge in [-0.25, -0.2) is 4.98 Å². The number of benzene rings is 3. The first-order chi connectivity index (χ1) is 52.2. The van der Waals surface area contributed by atoms with Gasteiger partial charge in [0.05, 0.1) is 17.7 Å². The summed E-state index contributed by atoms with van der Waals surface area (Å²) >= 11 is 2.52. The lowest BCUT2D eigenvalue weighted by atomic mass is 9.85. The van der Waals surface area contributed by atoms with Gasteiger partial charge in [0.15, 0.2) is 5.78 Å². The number of H-pyrrole nitrogens is 1. The number of primary amides is 1. The number of aromatic hydroxyl groups is 2. The number of phenolic OH excluding ortho intramolecular Hbond substituents is 2. The van der Waals surface area contributed by atoms with Crippen LogP contribution in [-0.4, -0.2) is 208 Å². The summed E-state index contributed by atoms with van der Waals surface area (Å²) in [5.74, 6) is -12.5. The number of nitrogens with zero attached hydrogens (tertiary/aromatic N) is 2. The average Bonchev–Trinajstić information content (AvgIpc) is 1.15. The number of thioether (sulfide) groups is 2. The van der Waals surface area contributed by atoms with Gasteiger partial charge in [-0.15, -0.1) is 0 Å². The molecule has 0 unspecified atom stereocenters. The number of carbonyl (C=O) groups excluding carboxylic acids is 13. The van der Waals surface area contributed by atoms with E-state index in [0.717, 1.165) is 11.1 Å². The number of hydrogen-bond acceptors (Lipinski definition) is 20. The van der Waals surface area contributed by atoms with Gasteiger partial charge in [0.1, 0.15) is 77.1 Å². The van der Waals surface area contributed by atoms with Crippen molar-refractivity contribution in [3.05, 3.63) is 125 Å². The first-order valence-electron chi connectivity index (χ1n) is 37.0. The number of fused-ring (bicyclic) bond motifs is 4. The van der Waals surface area contributed by atoms with Crippen LogP contribution in [0, 0.1) is 17.3 Å². The zero-order chi connectivity index (χ0) is 82.0. The number of hydrogen-bond donors (Lipinski definition) is 16. The molecule has 1 saturated heterocycles. The number of aliphatic hydroxyl groups is 2. The van der Waals surface area contributed by atoms with Crippen LogP contribution in [0.1, 0.15) is 137 Å². The Bertz CT molecular complexity index is 4190. The highest BCUT2D eigenvalue weighted by atomic mass is 32.2. The van der Waals surface area contributed by atoms with E-state index in [1.54, 1.807) is 65.9 Å². The minimum absolute atomic E-state index is 0.00794. The quantitative estimate of drug-likeness (QED) is 0.0846. The minimum Gasteiger partial charge on any atom is -0.508 e. The van der Waals surface area contributed by atoms with Crippen molar-refractivity contribution in [2.75, 3.05) is 18.1 Å². The molecule has 2 aliphatic heterocycles. The van der Waals surface area contributed by atoms with Crippen LogP contribution in [0.4, 0.5) is 0 Å². The molecular weight excluding hydrogens is 1470 g/mol. The van der Waals surface area contributed by atoms with E-state index in [4.69, 9.17) is 5.73 Å². The third kappa shape index (κ3) is 24.2. The lowest BCUT2D eigenvalue weighted by Gasteiger charge is -2.36. The van der Waals surface area contributed by atoms with Gasteiger partial charge in [-0.05, 0) is 123 Å². The Balaban J connectivity index is 1.24. The van der Waals surface area contributed by atoms with Crippen LogP contribution in [0.25, 0.3) is 11.0 Å². The maximum atomic E-state index is 15.2. The Morgan fingerprint density at radius 2 is 1.21 bits per heavy atom. The molecule has 2 aliphatic rings. The molecule has 14 atom stereocenters. The van der Waals surface area contributed by atoms with E-state index in [-0.39, 0.29) is 68.1 Å². The monoisotopic (exact) mass is 1570 g/mol. The van der Waals surface area contributed by atoms with Crippen molar-refractivity contribution in [1.82, 2.24) is 68.0 Å². The summed E-state index contributed by atoms with van der Waals surface area (Å²) in [5, 5.41) is 70.3. The number of ketones is 1. The van der Waals surface area contributed by atoms with Crippen molar-refractivity contribution in [3.63, 3.8) is 0 Å². The molecule has 5 aromatic rings. The molecule has 4 heterocycles. The molecule has 31 nitrogen and oxygen atoms in total. The van der Waals surface area contributed by atoms with Gasteiger partial charge < -0.3 is 89.2 Å². The van der Waals surface area contributed by atoms with Gasteiger partial charge in [0, 0.05) is 85.9 Å². The smallest absolute Gasteiger partial charge is 0.246 e. The summed E-state index contributed by atoms with van der Waals surface area (Å²) in [6, 6.07) is 9.15. The van der Waals surface area contributed by atoms with E-state index >= 15 is 9.59 Å². The normalized spacial score (nSPS) is 26.4. The number of aromatic amines is 1. The highest BCUT2D eigenvalue weighted by Crippen LogP contribution is 2.28. The van der Waals surface area contributed by atoms with Crippen molar-refractivity contribution in [2.24, 2.45) is 23.0 Å². The van der Waals surface area contributed by atoms with Crippen molar-refractivity contribution < 1.29 is 82.8 Å². The summed E-state index contributed by atoms with van der Waals surface area (Å²) in [6.45, 7) is 17.8. The third-order valence-electron chi connectivity index (χ3n) is 20.1. The van der Waals surface area contributed by atoms with Crippen LogP contribution in [0.3, 0.4) is 0 Å². The molecule has 0 radical (unpaired) electrons. The van der Waals surface area contributed by atoms with Crippen molar-refractivity contribution in [3.8, 4) is 11.5 Å². The summed E-state index contributed by atoms with van der Waals surface area (Å²) in [4.78, 5) is 196. The molecule has 17 N–H and O–H groups in total. The molecule has 2 aromatic heterocycles. The van der Waals surface area contributed by atoms with Crippen LogP contribution in [-0.2, 0) is 93.1 Å². The Morgan fingerprint density at radius 3 is 1.77 bits per heavy atom. The molecule has 3 aromatic carbocycles. The fourth-order valence-electron chi connectivity index (χ4n) is 12.8. The van der Waals surface area contributed by atoms with Crippen molar-refractivity contribution in [1.29, 1.82) is 0 Å². The largest absolute Gasteiger partial charge is 0.508 e. The molecule has 111 heavy (non-hydrogen) atoms. The highest BCUT2D eigenvalue weighted by molar-refractivity contribution is 7.98. The first kappa shape index (κ1) is 88.1. The number of Topliss-reactive ketones (excluding diaryl/α,β-unsaturated/α-hetero) is 1. The maximum absolute atomic E-state index is 15.2. The zero-order valence-electron chi connectivity index (χ0n) is 64.6. The van der Waals surface area contributed by atoms with Crippen LogP contribution in [0.15, 0.2) is 97.3 Å². The number of pyridine rings is 1. The molecular formula is C78H106N14O17S2. The second-order valence-corrected chi connectivity index (χ2v) is 32.4. The van der Waals surface area contributed by atoms with Gasteiger partial charge in [0.2, 0.25) is 70.9 Å². The van der Waals surface area contributed by atoms with Crippen LogP contribution < -0.4 is 58.9 Å². The SMILES string of the molecule is CC[C@]1(C)NC(=O)[C@H](Cc2c[nH]c3ncccc23)NC(=O)[C@H]([C@@H](C)O)NC(=O)[C@@H]2CCCN2C(=O)[C@H](Cc2ccc(O)cc2)NC(=O)[C@H](C(C)(C)C)NC(=O)[C@@H](NC(C)=O)CSCc2cccc(c2)CSC[C@@H](C(N)=O)NC(=O)[C@H]([C@@H](C)O)NC(=O)[C@](C)(C(C)C)NC(=O)[C@H](Cc2ccc(O)cc2)NC(=O)[C@H](C)CC1=O. The Hall–Kier alpha value is -10.1. The second kappa shape index (κ2) is 39.2. The van der Waals surface area contributed by atoms with E-state index in [9.17, 15) is 73.2 Å². The zero-order valence-corrected chi connectivity index (χ0v) is 66.2. The standard InChI is InChI=1S/C78H106N14O17S2/c1-13-77(11)60(98)31-42(4)66(100)83-54(33-46-21-25-51(96)26-22-46)69(103)91-78(12,41(2)3)75(109)88-62(44(6)94)72(106)86-57(64(79)99)39-110-37-48-17-14-18-49(32-48)38-111-40-58(82-45(7)95)67(101)89-63(76(8,9)10)73(107)85-56(34-47-23-27-52(97)28-24-47)74(108)92-30-16-20-59(92)70(104)87-61(43(5)93)71(105)84-55(68(102)90-77)35-50-36-81-65-53(50)19-15-29-80-65/h14-15,17-19,21-29,32,36,41-44,54-59,61-63,93-94,96-97H,13,16,20,30-31,33-35,37-40H2,1-12H3,(H2,79,99)(H,80,81)(H,82,95)(H,83,100)(H,84,105)(H,85,107)(H,86,106)(H,87,104)(H,88,109)(H,89,101)(H,90,102)(H,91,103)/t42-,43-,44-,54+,55+,56+,57+,58+,59+,61+,62+,63-,77+,78+/m1/s1. The summed E-state index contributed by atoms with van der Waals surface area (Å²) in [5.41, 5.74) is 4.54. The Labute approximate surface area is 653 Å². The molecule has 12 amide bonds. The maximum Gasteiger partial charge on any atom is 0.246 e. The fraction of sp³-hybridized carbons (Fsp3) is 0.513. The van der Waals surface area contributed by atoms with Gasteiger partial charge >= 0.3 is 0 Å². The molecule has 0 spiro atoms. The fourth-order valence-corrected chi connectivity index (χ4v) is 14.8. The van der Waals surface area contributed by atoms with Gasteiger partial charge in [-0.1, -0.05) is 97.0 Å². The Kier molecular flexibility index (Phi) is 31.1. The van der Waals surface area contributed by atoms with E-state index in [0.29, 0.717) is 39.2 Å². The molecule has 0 aliphatic carbocycles. The lowest BCUT2D eigenvalue weighted by Crippen LogP contribution is -2.67. The van der Waals surface area contributed by atoms with Crippen LogP contribution in [0.5, 0.6) is 11.5 Å². The number of rotatable bonds is 12. The first-order valence-corrected chi connectivity index (χ1v) is 39.3. The predicted octanol–water partition coefficient (Wildman–Crippen LogP) is 1.78. The van der Waals surface area contributed by atoms with Crippen molar-refractivity contribution >= 4 is 111 Å². The van der Waals surface area contributed by atoms with Crippen LogP contribution >= 0.6 is 23.5 Å². The number of aromatic nitrogens is 2. The van der Waals surface area contributed by atoms with E-state index in [2.05, 4.69) is 63.1 Å². The highest BCUT2D eigenvalue weighted by Gasteiger charge is 2.46. The molecule has 0 saturated carbocycles. The molecule has 33 heteroatoms. The number of nitrogens with two attached hydrogens (primary N) is 1. The number of aliphatic hydroxyl groups excluding tert-OH is 2. The van der Waals surface area contributed by atoms with E-state index in [1.807, 2.05) is 18.2 Å². The second-order valence-electron chi connectivity index (χ2n) is 30.4. The van der Waals surface area contributed by atoms with E-state index < -0.39 is 178 Å². The topological polar surface area (TPSA) is 481 Å². The number of amides is 12. The summed E-state index contributed by atoms with van der Waals surface area (Å²) in [6.07, 6.45) is -1.06. The third-order valence-corrected chi connectivity index (χ3v) is 22.3. The number of nitrogens with one attached hydrogen (secondary N) is 11. The summed E-state index contributed by atoms with van der Waals surface area (Å²) < 4.78 is 0. The van der Waals surface area contributed by atoms with E-state index in [1.165, 1.54) is 125 Å². The number of carbonyl (C=O) groups is 13. The molecule has 602 valence electrons. The molecule has 1 fully saturated rings. The molecule has 2 bridgehead atoms. The minimum atomic E-state index is -1.89. The number of phenols is 2. The van der Waals surface area contributed by atoms with Crippen LogP contribution in [0.2, 0.25) is 0 Å². The van der Waals surface area contributed by atoms with Gasteiger partial charge in [-0.3, -0.25) is 62.3 Å². The average molecular weight is 1580 g/mol.